The minimum atomic E-state index is -3.43. The van der Waals surface area contributed by atoms with Crippen LogP contribution >= 0.6 is 0 Å². The fourth-order valence-corrected chi connectivity index (χ4v) is 4.67. The van der Waals surface area contributed by atoms with Gasteiger partial charge in [0.05, 0.1) is 4.90 Å². The molecule has 2 unspecified atom stereocenters. The predicted molar refractivity (Wildman–Crippen MR) is 85.6 cm³/mol. The number of piperidine rings is 1. The van der Waals surface area contributed by atoms with E-state index in [1.165, 1.54) is 5.56 Å². The quantitative estimate of drug-likeness (QED) is 0.908. The molecule has 1 aliphatic rings. The van der Waals surface area contributed by atoms with Gasteiger partial charge < -0.3 is 5.73 Å². The zero-order valence-electron chi connectivity index (χ0n) is 13.0. The van der Waals surface area contributed by atoms with Gasteiger partial charge in [-0.25, -0.2) is 8.42 Å². The molecule has 4 nitrogen and oxygen atoms in total. The Bertz CT molecular complexity index is 554. The number of nitrogens with zero attached hydrogens (tertiary/aromatic N) is 1. The molecule has 2 N–H and O–H groups in total. The number of hydrogen-bond acceptors (Lipinski definition) is 3. The fourth-order valence-electron chi connectivity index (χ4n) is 3.01. The second-order valence-electron chi connectivity index (χ2n) is 6.03. The van der Waals surface area contributed by atoms with E-state index in [9.17, 15) is 8.42 Å². The van der Waals surface area contributed by atoms with Gasteiger partial charge in [0, 0.05) is 19.1 Å². The van der Waals surface area contributed by atoms with E-state index in [4.69, 9.17) is 5.73 Å². The van der Waals surface area contributed by atoms with Crippen LogP contribution in [0.3, 0.4) is 0 Å². The summed E-state index contributed by atoms with van der Waals surface area (Å²) in [6, 6.07) is 7.22. The molecule has 1 heterocycles. The van der Waals surface area contributed by atoms with Gasteiger partial charge in [0.2, 0.25) is 10.0 Å². The zero-order chi connectivity index (χ0) is 15.5. The molecule has 118 valence electrons. The number of hydrogen-bond donors (Lipinski definition) is 1. The van der Waals surface area contributed by atoms with Gasteiger partial charge in [0.1, 0.15) is 0 Å². The van der Waals surface area contributed by atoms with Crippen LogP contribution in [0.25, 0.3) is 0 Å². The first kappa shape index (κ1) is 16.5. The lowest BCUT2D eigenvalue weighted by atomic mass is 9.94. The van der Waals surface area contributed by atoms with Crippen LogP contribution in [-0.2, 0) is 16.4 Å². The van der Waals surface area contributed by atoms with Crippen molar-refractivity contribution in [1.82, 2.24) is 4.31 Å². The second-order valence-corrected chi connectivity index (χ2v) is 7.92. The summed E-state index contributed by atoms with van der Waals surface area (Å²) in [6.07, 6.45) is 3.80. The van der Waals surface area contributed by atoms with Gasteiger partial charge in [-0.2, -0.15) is 4.31 Å². The van der Waals surface area contributed by atoms with Crippen molar-refractivity contribution < 1.29 is 8.42 Å². The molecule has 0 radical (unpaired) electrons. The number of rotatable bonds is 5. The molecule has 0 amide bonds. The highest BCUT2D eigenvalue weighted by Crippen LogP contribution is 2.28. The van der Waals surface area contributed by atoms with E-state index in [1.807, 2.05) is 12.1 Å². The van der Waals surface area contributed by atoms with Crippen LogP contribution < -0.4 is 5.73 Å². The van der Waals surface area contributed by atoms with Crippen molar-refractivity contribution in [3.63, 3.8) is 0 Å². The summed E-state index contributed by atoms with van der Waals surface area (Å²) in [7, 11) is -3.43. The molecule has 5 heteroatoms. The lowest BCUT2D eigenvalue weighted by Crippen LogP contribution is -2.49. The molecule has 2 atom stereocenters. The van der Waals surface area contributed by atoms with Crippen LogP contribution in [-0.4, -0.2) is 31.9 Å². The molecule has 1 aromatic rings. The molecule has 2 rings (SSSR count). The van der Waals surface area contributed by atoms with E-state index in [1.54, 1.807) is 16.4 Å². The number of nitrogens with two attached hydrogens (primary N) is 1. The van der Waals surface area contributed by atoms with Crippen LogP contribution in [0.15, 0.2) is 29.2 Å². The number of benzene rings is 1. The summed E-state index contributed by atoms with van der Waals surface area (Å²) in [5.74, 6) is 0.539. The summed E-state index contributed by atoms with van der Waals surface area (Å²) in [6.45, 7) is 5.23. The van der Waals surface area contributed by atoms with E-state index >= 15 is 0 Å². The third-order valence-corrected chi connectivity index (χ3v) is 6.23. The van der Waals surface area contributed by atoms with Crippen LogP contribution in [0.2, 0.25) is 0 Å². The fraction of sp³-hybridized carbons (Fsp3) is 0.625. The molecule has 21 heavy (non-hydrogen) atoms. The SMILES string of the molecule is CCCc1ccc(S(=O)(=O)N2CCC(C)CC2CN)cc1. The molecule has 0 aliphatic carbocycles. The van der Waals surface area contributed by atoms with Gasteiger partial charge in [-0.1, -0.05) is 32.4 Å². The van der Waals surface area contributed by atoms with Crippen LogP contribution in [0.4, 0.5) is 0 Å². The van der Waals surface area contributed by atoms with Gasteiger partial charge >= 0.3 is 0 Å². The van der Waals surface area contributed by atoms with Gasteiger partial charge in [-0.05, 0) is 42.9 Å². The van der Waals surface area contributed by atoms with Crippen molar-refractivity contribution in [2.45, 2.75) is 50.5 Å². The van der Waals surface area contributed by atoms with Crippen LogP contribution in [0, 0.1) is 5.92 Å². The van der Waals surface area contributed by atoms with Gasteiger partial charge in [-0.3, -0.25) is 0 Å². The summed E-state index contributed by atoms with van der Waals surface area (Å²) in [5, 5.41) is 0. The maximum Gasteiger partial charge on any atom is 0.243 e. The number of sulfonamides is 1. The third-order valence-electron chi connectivity index (χ3n) is 4.26. The Hall–Kier alpha value is -0.910. The summed E-state index contributed by atoms with van der Waals surface area (Å²) < 4.78 is 27.2. The van der Waals surface area contributed by atoms with Crippen LogP contribution in [0.5, 0.6) is 0 Å². The molecule has 0 bridgehead atoms. The first-order valence-corrected chi connectivity index (χ1v) is 9.24. The van der Waals surface area contributed by atoms with Crippen molar-refractivity contribution in [1.29, 1.82) is 0 Å². The number of aryl methyl sites for hydroxylation is 1. The Morgan fingerprint density at radius 1 is 1.29 bits per heavy atom. The molecular weight excluding hydrogens is 284 g/mol. The van der Waals surface area contributed by atoms with Crippen molar-refractivity contribution in [2.24, 2.45) is 11.7 Å². The van der Waals surface area contributed by atoms with Crippen molar-refractivity contribution in [3.8, 4) is 0 Å². The van der Waals surface area contributed by atoms with Crippen molar-refractivity contribution in [3.05, 3.63) is 29.8 Å². The Labute approximate surface area is 128 Å². The summed E-state index contributed by atoms with van der Waals surface area (Å²) in [4.78, 5) is 0.385. The summed E-state index contributed by atoms with van der Waals surface area (Å²) >= 11 is 0. The van der Waals surface area contributed by atoms with E-state index in [0.717, 1.165) is 25.7 Å². The minimum absolute atomic E-state index is 0.0749. The molecule has 0 spiro atoms. The Balaban J connectivity index is 2.24. The second kappa shape index (κ2) is 6.90. The normalized spacial score (nSPS) is 24.1. The molecule has 1 aromatic carbocycles. The van der Waals surface area contributed by atoms with Gasteiger partial charge in [0.25, 0.3) is 0 Å². The van der Waals surface area contributed by atoms with Gasteiger partial charge in [-0.15, -0.1) is 0 Å². The first-order valence-electron chi connectivity index (χ1n) is 7.80. The van der Waals surface area contributed by atoms with E-state index in [-0.39, 0.29) is 6.04 Å². The van der Waals surface area contributed by atoms with Gasteiger partial charge in [0.15, 0.2) is 0 Å². The maximum atomic E-state index is 12.8. The highest BCUT2D eigenvalue weighted by Gasteiger charge is 2.34. The molecule has 1 saturated heterocycles. The lowest BCUT2D eigenvalue weighted by Gasteiger charge is -2.36. The highest BCUT2D eigenvalue weighted by molar-refractivity contribution is 7.89. The summed E-state index contributed by atoms with van der Waals surface area (Å²) in [5.41, 5.74) is 6.97. The average Bonchev–Trinajstić information content (AvgIpc) is 2.47. The van der Waals surface area contributed by atoms with Crippen LogP contribution in [0.1, 0.15) is 38.7 Å². The largest absolute Gasteiger partial charge is 0.329 e. The third kappa shape index (κ3) is 3.65. The zero-order valence-corrected chi connectivity index (χ0v) is 13.8. The topological polar surface area (TPSA) is 63.4 Å². The Kier molecular flexibility index (Phi) is 5.41. The van der Waals surface area contributed by atoms with Crippen molar-refractivity contribution >= 4 is 10.0 Å². The smallest absolute Gasteiger partial charge is 0.243 e. The molecule has 0 saturated carbocycles. The maximum absolute atomic E-state index is 12.8. The Morgan fingerprint density at radius 3 is 2.52 bits per heavy atom. The molecular formula is C16H26N2O2S. The Morgan fingerprint density at radius 2 is 1.95 bits per heavy atom. The standard InChI is InChI=1S/C16H26N2O2S/c1-3-4-14-5-7-16(8-6-14)21(19,20)18-10-9-13(2)11-15(18)12-17/h5-8,13,15H,3-4,9-12,17H2,1-2H3. The monoisotopic (exact) mass is 310 g/mol. The predicted octanol–water partition coefficient (Wildman–Crippen LogP) is 2.39. The van der Waals surface area contributed by atoms with Crippen molar-refractivity contribution in [2.75, 3.05) is 13.1 Å². The van der Waals surface area contributed by atoms with E-state index < -0.39 is 10.0 Å². The molecule has 0 aromatic heterocycles. The van der Waals surface area contributed by atoms with E-state index in [0.29, 0.717) is 23.9 Å². The first-order chi connectivity index (χ1) is 9.98. The molecule has 1 aliphatic heterocycles. The average molecular weight is 310 g/mol. The highest BCUT2D eigenvalue weighted by atomic mass is 32.2. The lowest BCUT2D eigenvalue weighted by molar-refractivity contribution is 0.211. The van der Waals surface area contributed by atoms with E-state index in [2.05, 4.69) is 13.8 Å². The molecule has 1 fully saturated rings. The minimum Gasteiger partial charge on any atom is -0.329 e.